The summed E-state index contributed by atoms with van der Waals surface area (Å²) in [6.07, 6.45) is 4.25. The third kappa shape index (κ3) is 2.24. The highest BCUT2D eigenvalue weighted by Gasteiger charge is 2.21. The van der Waals surface area contributed by atoms with Crippen LogP contribution in [0.15, 0.2) is 30.6 Å². The molecule has 1 aliphatic heterocycles. The van der Waals surface area contributed by atoms with Crippen LogP contribution in [0.1, 0.15) is 5.56 Å². The number of carbonyl (C=O) groups is 1. The first-order valence-corrected chi connectivity index (χ1v) is 6.21. The molecule has 2 aromatic rings. The predicted molar refractivity (Wildman–Crippen MR) is 71.9 cm³/mol. The topological polar surface area (TPSA) is 56.1 Å². The van der Waals surface area contributed by atoms with E-state index in [4.69, 9.17) is 4.74 Å². The Bertz CT molecular complexity index is 619. The van der Waals surface area contributed by atoms with E-state index in [2.05, 4.69) is 10.4 Å². The van der Waals surface area contributed by atoms with Gasteiger partial charge in [0.25, 0.3) is 0 Å². The molecule has 3 rings (SSSR count). The van der Waals surface area contributed by atoms with Crippen LogP contribution >= 0.6 is 0 Å². The molecule has 2 heterocycles. The Labute approximate surface area is 111 Å². The average Bonchev–Trinajstić information content (AvgIpc) is 3.00. The highest BCUT2D eigenvalue weighted by Crippen LogP contribution is 2.32. The first-order valence-electron chi connectivity index (χ1n) is 6.21. The Hall–Kier alpha value is -2.14. The molecule has 1 aromatic heterocycles. The van der Waals surface area contributed by atoms with Gasteiger partial charge in [-0.3, -0.25) is 9.48 Å². The highest BCUT2D eigenvalue weighted by molar-refractivity contribution is 6.01. The van der Waals surface area contributed by atoms with Gasteiger partial charge >= 0.3 is 0 Å². The van der Waals surface area contributed by atoms with Crippen LogP contribution in [0.3, 0.4) is 0 Å². The molecule has 1 N–H and O–H groups in total. The second-order valence-electron chi connectivity index (χ2n) is 4.54. The van der Waals surface area contributed by atoms with Crippen molar-refractivity contribution in [2.24, 2.45) is 0 Å². The van der Waals surface area contributed by atoms with Crippen LogP contribution in [0, 0.1) is 0 Å². The van der Waals surface area contributed by atoms with Gasteiger partial charge < -0.3 is 10.1 Å². The van der Waals surface area contributed by atoms with Crippen LogP contribution in [-0.2, 0) is 22.5 Å². The lowest BCUT2D eigenvalue weighted by Crippen LogP contribution is -2.03. The summed E-state index contributed by atoms with van der Waals surface area (Å²) in [5.74, 6) is 0.0502. The molecule has 0 fully saturated rings. The standard InChI is InChI=1S/C14H15N3O2/c1-19-6-5-17-9-10(8-15-17)11-3-2-4-13-12(11)7-14(18)16-13/h2-4,8-9H,5-7H2,1H3,(H,16,18). The molecule has 98 valence electrons. The molecule has 0 radical (unpaired) electrons. The summed E-state index contributed by atoms with van der Waals surface area (Å²) >= 11 is 0. The maximum Gasteiger partial charge on any atom is 0.228 e. The van der Waals surface area contributed by atoms with E-state index in [1.54, 1.807) is 7.11 Å². The zero-order valence-corrected chi connectivity index (χ0v) is 10.7. The average molecular weight is 257 g/mol. The van der Waals surface area contributed by atoms with Crippen molar-refractivity contribution in [2.45, 2.75) is 13.0 Å². The van der Waals surface area contributed by atoms with Gasteiger partial charge in [0, 0.05) is 24.6 Å². The number of benzene rings is 1. The number of amides is 1. The summed E-state index contributed by atoms with van der Waals surface area (Å²) in [5.41, 5.74) is 4.06. The lowest BCUT2D eigenvalue weighted by Gasteiger charge is -2.04. The number of hydrogen-bond acceptors (Lipinski definition) is 3. The molecule has 1 aliphatic rings. The minimum absolute atomic E-state index is 0.0502. The maximum absolute atomic E-state index is 11.5. The zero-order chi connectivity index (χ0) is 13.2. The van der Waals surface area contributed by atoms with E-state index in [-0.39, 0.29) is 5.91 Å². The molecule has 0 saturated heterocycles. The second kappa shape index (κ2) is 4.85. The van der Waals surface area contributed by atoms with Crippen molar-refractivity contribution < 1.29 is 9.53 Å². The first-order chi connectivity index (χ1) is 9.28. The van der Waals surface area contributed by atoms with Crippen LogP contribution in [0.25, 0.3) is 11.1 Å². The Morgan fingerprint density at radius 1 is 1.47 bits per heavy atom. The van der Waals surface area contributed by atoms with Crippen molar-refractivity contribution in [1.29, 1.82) is 0 Å². The molecule has 19 heavy (non-hydrogen) atoms. The molecule has 0 unspecified atom stereocenters. The van der Waals surface area contributed by atoms with Gasteiger partial charge in [-0.05, 0) is 17.2 Å². The lowest BCUT2D eigenvalue weighted by molar-refractivity contribution is -0.115. The molecule has 5 heteroatoms. The molecule has 0 spiro atoms. The Morgan fingerprint density at radius 2 is 2.37 bits per heavy atom. The van der Waals surface area contributed by atoms with Crippen LogP contribution < -0.4 is 5.32 Å². The smallest absolute Gasteiger partial charge is 0.228 e. The summed E-state index contributed by atoms with van der Waals surface area (Å²) in [6.45, 7) is 1.36. The third-order valence-corrected chi connectivity index (χ3v) is 3.26. The van der Waals surface area contributed by atoms with Crippen molar-refractivity contribution in [2.75, 3.05) is 19.0 Å². The van der Waals surface area contributed by atoms with Gasteiger partial charge in [0.05, 0.1) is 25.8 Å². The number of anilines is 1. The lowest BCUT2D eigenvalue weighted by atomic mass is 10.0. The Morgan fingerprint density at radius 3 is 3.21 bits per heavy atom. The van der Waals surface area contributed by atoms with E-state index >= 15 is 0 Å². The molecule has 1 aromatic carbocycles. The first kappa shape index (κ1) is 11.9. The molecule has 0 atom stereocenters. The van der Waals surface area contributed by atoms with Crippen molar-refractivity contribution in [1.82, 2.24) is 9.78 Å². The summed E-state index contributed by atoms with van der Waals surface area (Å²) in [7, 11) is 1.67. The van der Waals surface area contributed by atoms with Gasteiger partial charge in [-0.1, -0.05) is 12.1 Å². The van der Waals surface area contributed by atoms with Crippen LogP contribution in [0.5, 0.6) is 0 Å². The monoisotopic (exact) mass is 257 g/mol. The minimum atomic E-state index is 0.0502. The second-order valence-corrected chi connectivity index (χ2v) is 4.54. The van der Waals surface area contributed by atoms with E-state index in [1.165, 1.54) is 0 Å². The largest absolute Gasteiger partial charge is 0.383 e. The maximum atomic E-state index is 11.5. The van der Waals surface area contributed by atoms with Gasteiger partial charge in [0.1, 0.15) is 0 Å². The summed E-state index contributed by atoms with van der Waals surface area (Å²) < 4.78 is 6.88. The fraction of sp³-hybridized carbons (Fsp3) is 0.286. The number of aromatic nitrogens is 2. The molecule has 5 nitrogen and oxygen atoms in total. The predicted octanol–water partition coefficient (Wildman–Crippen LogP) is 1.69. The molecule has 0 aliphatic carbocycles. The third-order valence-electron chi connectivity index (χ3n) is 3.26. The molecular formula is C14H15N3O2. The van der Waals surface area contributed by atoms with Crippen LogP contribution in [0.2, 0.25) is 0 Å². The summed E-state index contributed by atoms with van der Waals surface area (Å²) in [4.78, 5) is 11.5. The summed E-state index contributed by atoms with van der Waals surface area (Å²) in [5, 5.41) is 7.17. The summed E-state index contributed by atoms with van der Waals surface area (Å²) in [6, 6.07) is 5.90. The minimum Gasteiger partial charge on any atom is -0.383 e. The van der Waals surface area contributed by atoms with E-state index < -0.39 is 0 Å². The van der Waals surface area contributed by atoms with E-state index in [0.717, 1.165) is 28.9 Å². The Balaban J connectivity index is 1.93. The normalized spacial score (nSPS) is 13.4. The fourth-order valence-electron chi connectivity index (χ4n) is 2.33. The van der Waals surface area contributed by atoms with E-state index in [9.17, 15) is 4.79 Å². The number of methoxy groups -OCH3 is 1. The number of carbonyl (C=O) groups excluding carboxylic acids is 1. The molecular weight excluding hydrogens is 242 g/mol. The van der Waals surface area contributed by atoms with Crippen molar-refractivity contribution >= 4 is 11.6 Å². The van der Waals surface area contributed by atoms with Gasteiger partial charge in [0.2, 0.25) is 5.91 Å². The van der Waals surface area contributed by atoms with Crippen LogP contribution in [0.4, 0.5) is 5.69 Å². The van der Waals surface area contributed by atoms with Crippen molar-refractivity contribution in [3.63, 3.8) is 0 Å². The fourth-order valence-corrected chi connectivity index (χ4v) is 2.33. The van der Waals surface area contributed by atoms with Gasteiger partial charge in [0.15, 0.2) is 0 Å². The van der Waals surface area contributed by atoms with Gasteiger partial charge in [-0.25, -0.2) is 0 Å². The number of nitrogens with one attached hydrogen (secondary N) is 1. The number of rotatable bonds is 4. The number of nitrogens with zero attached hydrogens (tertiary/aromatic N) is 2. The van der Waals surface area contributed by atoms with E-state index in [1.807, 2.05) is 35.3 Å². The SMILES string of the molecule is COCCn1cc(-c2cccc3c2CC(=O)N3)cn1. The zero-order valence-electron chi connectivity index (χ0n) is 10.7. The van der Waals surface area contributed by atoms with E-state index in [0.29, 0.717) is 13.0 Å². The molecule has 1 amide bonds. The van der Waals surface area contributed by atoms with Crippen LogP contribution in [-0.4, -0.2) is 29.4 Å². The van der Waals surface area contributed by atoms with Crippen molar-refractivity contribution in [3.8, 4) is 11.1 Å². The van der Waals surface area contributed by atoms with Gasteiger partial charge in [-0.15, -0.1) is 0 Å². The number of hydrogen-bond donors (Lipinski definition) is 1. The van der Waals surface area contributed by atoms with Gasteiger partial charge in [-0.2, -0.15) is 5.10 Å². The quantitative estimate of drug-likeness (QED) is 0.906. The van der Waals surface area contributed by atoms with Crippen molar-refractivity contribution in [3.05, 3.63) is 36.2 Å². The molecule has 0 bridgehead atoms. The highest BCUT2D eigenvalue weighted by atomic mass is 16.5. The molecule has 0 saturated carbocycles. The number of fused-ring (bicyclic) bond motifs is 1. The Kier molecular flexibility index (Phi) is 3.05. The number of ether oxygens (including phenoxy) is 1.